The third-order valence-corrected chi connectivity index (χ3v) is 5.33. The largest absolute Gasteiger partial charge is 0.330 e. The molecule has 0 saturated heterocycles. The summed E-state index contributed by atoms with van der Waals surface area (Å²) < 4.78 is 11.1. The van der Waals surface area contributed by atoms with E-state index in [0.29, 0.717) is 18.0 Å². The summed E-state index contributed by atoms with van der Waals surface area (Å²) >= 11 is 0. The Morgan fingerprint density at radius 1 is 0.926 bits per heavy atom. The van der Waals surface area contributed by atoms with Crippen LogP contribution in [-0.2, 0) is 23.8 Å². The van der Waals surface area contributed by atoms with Crippen LogP contribution < -0.4 is 5.73 Å². The number of nitrogens with zero attached hydrogens (tertiary/aromatic N) is 1. The van der Waals surface area contributed by atoms with Crippen molar-refractivity contribution in [3.63, 3.8) is 0 Å². The molecule has 0 unspecified atom stereocenters. The highest BCUT2D eigenvalue weighted by atomic mass is 31.2. The van der Waals surface area contributed by atoms with E-state index in [-0.39, 0.29) is 6.16 Å². The van der Waals surface area contributed by atoms with Crippen LogP contribution in [0.3, 0.4) is 0 Å². The zero-order valence-corrected chi connectivity index (χ0v) is 17.1. The maximum Gasteiger partial charge on any atom is 0.329 e. The minimum absolute atomic E-state index is 0.216. The van der Waals surface area contributed by atoms with Crippen molar-refractivity contribution in [1.29, 1.82) is 0 Å². The molecule has 0 fully saturated rings. The first-order valence-corrected chi connectivity index (χ1v) is 11.2. The average Bonchev–Trinajstić information content (AvgIpc) is 2.60. The van der Waals surface area contributed by atoms with Gasteiger partial charge < -0.3 is 15.5 Å². The Morgan fingerprint density at radius 2 is 1.41 bits per heavy atom. The monoisotopic (exact) mass is 390 g/mol. The van der Waals surface area contributed by atoms with Crippen molar-refractivity contribution in [2.45, 2.75) is 45.4 Å². The summed E-state index contributed by atoms with van der Waals surface area (Å²) in [7, 11) is -4.03. The lowest BCUT2D eigenvalue weighted by atomic mass is 10.0. The van der Waals surface area contributed by atoms with Gasteiger partial charge in [0.25, 0.3) is 0 Å². The van der Waals surface area contributed by atoms with Crippen molar-refractivity contribution in [1.82, 2.24) is 4.90 Å². The standard InChI is InChI=1S/C21H31N2O3P/c1-17(2)21-10-8-19(9-11-21)15-23(13-3-12-22)14-18-4-6-20(7-5-18)16-27(24,25)26/h4-11,17H,3,12-16,22H2,1-2H3,(H2,24,25,26). The van der Waals surface area contributed by atoms with Gasteiger partial charge in [0.2, 0.25) is 0 Å². The molecule has 0 spiro atoms. The third kappa shape index (κ3) is 7.96. The lowest BCUT2D eigenvalue weighted by Crippen LogP contribution is -2.25. The summed E-state index contributed by atoms with van der Waals surface area (Å²) in [5, 5.41) is 0. The highest BCUT2D eigenvalue weighted by Gasteiger charge is 2.14. The molecule has 0 amide bonds. The first kappa shape index (κ1) is 21.8. The molecule has 0 atom stereocenters. The zero-order chi connectivity index (χ0) is 19.9. The lowest BCUT2D eigenvalue weighted by Gasteiger charge is -2.23. The fourth-order valence-electron chi connectivity index (χ4n) is 3.04. The second-order valence-electron chi connectivity index (χ2n) is 7.39. The second kappa shape index (κ2) is 10.2. The quantitative estimate of drug-likeness (QED) is 0.537. The molecule has 148 valence electrons. The van der Waals surface area contributed by atoms with E-state index in [1.807, 2.05) is 12.1 Å². The number of rotatable bonds is 10. The highest BCUT2D eigenvalue weighted by Crippen LogP contribution is 2.38. The second-order valence-corrected chi connectivity index (χ2v) is 9.03. The van der Waals surface area contributed by atoms with Gasteiger partial charge in [-0.1, -0.05) is 62.4 Å². The molecular weight excluding hydrogens is 359 g/mol. The van der Waals surface area contributed by atoms with E-state index >= 15 is 0 Å². The number of nitrogens with two attached hydrogens (primary N) is 1. The molecule has 5 nitrogen and oxygen atoms in total. The molecule has 27 heavy (non-hydrogen) atoms. The first-order valence-electron chi connectivity index (χ1n) is 9.40. The number of benzene rings is 2. The van der Waals surface area contributed by atoms with Gasteiger partial charge in [-0.05, 0) is 41.1 Å². The van der Waals surface area contributed by atoms with E-state index < -0.39 is 7.60 Å². The molecule has 2 aromatic rings. The van der Waals surface area contributed by atoms with Gasteiger partial charge in [-0.3, -0.25) is 9.46 Å². The Kier molecular flexibility index (Phi) is 8.21. The molecule has 0 heterocycles. The van der Waals surface area contributed by atoms with E-state index in [1.54, 1.807) is 12.1 Å². The van der Waals surface area contributed by atoms with Crippen LogP contribution in [0.5, 0.6) is 0 Å². The van der Waals surface area contributed by atoms with Crippen LogP contribution >= 0.6 is 7.60 Å². The Labute approximate surface area is 162 Å². The fourth-order valence-corrected chi connectivity index (χ4v) is 3.73. The Morgan fingerprint density at radius 3 is 1.85 bits per heavy atom. The average molecular weight is 390 g/mol. The van der Waals surface area contributed by atoms with E-state index in [4.69, 9.17) is 15.5 Å². The molecular formula is C21H31N2O3P. The summed E-state index contributed by atoms with van der Waals surface area (Å²) in [6.07, 6.45) is 0.715. The van der Waals surface area contributed by atoms with Crippen LogP contribution in [0.2, 0.25) is 0 Å². The normalized spacial score (nSPS) is 12.1. The molecule has 2 rings (SSSR count). The van der Waals surface area contributed by atoms with E-state index in [9.17, 15) is 4.57 Å². The maximum atomic E-state index is 11.1. The molecule has 2 aromatic carbocycles. The van der Waals surface area contributed by atoms with Crippen LogP contribution in [-0.4, -0.2) is 27.8 Å². The molecule has 6 heteroatoms. The topological polar surface area (TPSA) is 86.8 Å². The van der Waals surface area contributed by atoms with E-state index in [0.717, 1.165) is 31.6 Å². The van der Waals surface area contributed by atoms with Gasteiger partial charge in [-0.15, -0.1) is 0 Å². The van der Waals surface area contributed by atoms with Gasteiger partial charge in [0.1, 0.15) is 0 Å². The van der Waals surface area contributed by atoms with Crippen molar-refractivity contribution in [2.75, 3.05) is 13.1 Å². The van der Waals surface area contributed by atoms with Crippen molar-refractivity contribution < 1.29 is 14.4 Å². The smallest absolute Gasteiger partial charge is 0.329 e. The van der Waals surface area contributed by atoms with Crippen molar-refractivity contribution >= 4 is 7.60 Å². The van der Waals surface area contributed by atoms with Gasteiger partial charge in [-0.2, -0.15) is 0 Å². The van der Waals surface area contributed by atoms with Crippen molar-refractivity contribution in [3.8, 4) is 0 Å². The van der Waals surface area contributed by atoms with Gasteiger partial charge in [-0.25, -0.2) is 0 Å². The predicted octanol–water partition coefficient (Wildman–Crippen LogP) is 3.84. The molecule has 0 aliphatic heterocycles. The summed E-state index contributed by atoms with van der Waals surface area (Å²) in [6, 6.07) is 16.3. The molecule has 0 aliphatic rings. The molecule has 0 aliphatic carbocycles. The van der Waals surface area contributed by atoms with Crippen molar-refractivity contribution in [3.05, 3.63) is 70.8 Å². The van der Waals surface area contributed by atoms with Gasteiger partial charge in [0, 0.05) is 19.6 Å². The number of hydrogen-bond acceptors (Lipinski definition) is 3. The predicted molar refractivity (Wildman–Crippen MR) is 111 cm³/mol. The lowest BCUT2D eigenvalue weighted by molar-refractivity contribution is 0.255. The summed E-state index contributed by atoms with van der Waals surface area (Å²) in [5.41, 5.74) is 10.1. The van der Waals surface area contributed by atoms with Gasteiger partial charge in [0.15, 0.2) is 0 Å². The molecule has 4 N–H and O–H groups in total. The fraction of sp³-hybridized carbons (Fsp3) is 0.429. The molecule has 0 radical (unpaired) electrons. The first-order chi connectivity index (χ1) is 12.8. The summed E-state index contributed by atoms with van der Waals surface area (Å²) in [6.45, 7) is 7.58. The Hall–Kier alpha value is -1.49. The van der Waals surface area contributed by atoms with Crippen LogP contribution in [0.25, 0.3) is 0 Å². The van der Waals surface area contributed by atoms with Crippen LogP contribution in [0.1, 0.15) is 48.4 Å². The highest BCUT2D eigenvalue weighted by molar-refractivity contribution is 7.50. The van der Waals surface area contributed by atoms with Gasteiger partial charge >= 0.3 is 7.60 Å². The molecule has 0 saturated carbocycles. The molecule has 0 bridgehead atoms. The van der Waals surface area contributed by atoms with Crippen LogP contribution in [0.15, 0.2) is 48.5 Å². The Balaban J connectivity index is 2.04. The van der Waals surface area contributed by atoms with E-state index in [1.165, 1.54) is 11.1 Å². The van der Waals surface area contributed by atoms with Crippen LogP contribution in [0.4, 0.5) is 0 Å². The number of hydrogen-bond donors (Lipinski definition) is 3. The van der Waals surface area contributed by atoms with Gasteiger partial charge in [0.05, 0.1) is 6.16 Å². The Bertz CT molecular complexity index is 739. The van der Waals surface area contributed by atoms with Crippen LogP contribution in [0, 0.1) is 0 Å². The third-order valence-electron chi connectivity index (χ3n) is 4.55. The maximum absolute atomic E-state index is 11.1. The summed E-state index contributed by atoms with van der Waals surface area (Å²) in [4.78, 5) is 20.5. The molecule has 0 aromatic heterocycles. The van der Waals surface area contributed by atoms with E-state index in [2.05, 4.69) is 43.0 Å². The zero-order valence-electron chi connectivity index (χ0n) is 16.2. The summed E-state index contributed by atoms with van der Waals surface area (Å²) in [5.74, 6) is 0.527. The SMILES string of the molecule is CC(C)c1ccc(CN(CCCN)Cc2ccc(CP(=O)(O)O)cc2)cc1. The minimum atomic E-state index is -4.03. The van der Waals surface area contributed by atoms with Crippen molar-refractivity contribution in [2.24, 2.45) is 5.73 Å². The minimum Gasteiger partial charge on any atom is -0.330 e.